The average Bonchev–Trinajstić information content (AvgIpc) is 2.82. The van der Waals surface area contributed by atoms with Gasteiger partial charge in [0.15, 0.2) is 0 Å². The van der Waals surface area contributed by atoms with E-state index in [0.717, 1.165) is 62.8 Å². The normalized spacial score (nSPS) is 11.4. The van der Waals surface area contributed by atoms with E-state index in [4.69, 9.17) is 15.3 Å². The summed E-state index contributed by atoms with van der Waals surface area (Å²) in [5.41, 5.74) is 0. The second-order valence-corrected chi connectivity index (χ2v) is 10.4. The number of rotatable bonds is 28. The lowest BCUT2D eigenvalue weighted by molar-refractivity contribution is -0.929. The Hall–Kier alpha value is -1.89. The number of aliphatic carboxylic acids is 3. The zero-order valence-electron chi connectivity index (χ0n) is 22.8. The summed E-state index contributed by atoms with van der Waals surface area (Å²) in [6, 6.07) is 0. The molecule has 0 amide bonds. The fourth-order valence-electron chi connectivity index (χ4n) is 4.99. The Balaban J connectivity index is 4.62. The van der Waals surface area contributed by atoms with Gasteiger partial charge in [-0.3, -0.25) is 14.4 Å². The van der Waals surface area contributed by atoms with E-state index in [1.54, 1.807) is 0 Å². The van der Waals surface area contributed by atoms with Crippen molar-refractivity contribution in [2.24, 2.45) is 0 Å². The van der Waals surface area contributed by atoms with Gasteiger partial charge in [-0.25, -0.2) is 0 Å². The van der Waals surface area contributed by atoms with E-state index in [9.17, 15) is 14.4 Å². The Bertz CT molecular complexity index is 537. The van der Waals surface area contributed by atoms with E-state index in [0.29, 0.717) is 19.3 Å². The van der Waals surface area contributed by atoms with Crippen LogP contribution < -0.4 is 0 Å². The summed E-state index contributed by atoms with van der Waals surface area (Å²) in [5, 5.41) is 27.0. The maximum atomic E-state index is 11.0. The molecule has 0 heterocycles. The summed E-state index contributed by atoms with van der Waals surface area (Å²) in [4.78, 5) is 32.9. The van der Waals surface area contributed by atoms with Crippen LogP contribution in [0.25, 0.3) is 0 Å². The molecule has 0 radical (unpaired) electrons. The maximum Gasteiger partial charge on any atom is 0.303 e. The van der Waals surface area contributed by atoms with Gasteiger partial charge in [-0.05, 0) is 64.2 Å². The second-order valence-electron chi connectivity index (χ2n) is 10.4. The van der Waals surface area contributed by atoms with Crippen LogP contribution in [0, 0.1) is 0 Å². The van der Waals surface area contributed by atoms with Crippen molar-refractivity contribution in [2.45, 2.75) is 128 Å². The van der Waals surface area contributed by atoms with E-state index in [-0.39, 0.29) is 19.3 Å². The molecular weight excluding hydrogens is 458 g/mol. The van der Waals surface area contributed by atoms with E-state index in [1.807, 2.05) is 6.08 Å². The van der Waals surface area contributed by atoms with Gasteiger partial charge in [-0.1, -0.05) is 51.0 Å². The summed E-state index contributed by atoms with van der Waals surface area (Å²) >= 11 is 0. The molecular formula is C29H54NO6+. The third-order valence-corrected chi connectivity index (χ3v) is 7.11. The molecule has 0 spiro atoms. The van der Waals surface area contributed by atoms with E-state index in [1.165, 1.54) is 57.8 Å². The van der Waals surface area contributed by atoms with Crippen molar-refractivity contribution in [1.29, 1.82) is 0 Å². The zero-order chi connectivity index (χ0) is 26.9. The number of hydrogen-bond donors (Lipinski definition) is 3. The SMILES string of the molecule is C=CCCCCCCCCCCCC[N+](CCCCC(=O)O)(CCCCC(=O)O)CCCCC(=O)O. The number of unbranched alkanes of at least 4 members (excludes halogenated alkanes) is 13. The molecule has 0 bridgehead atoms. The quantitative estimate of drug-likeness (QED) is 0.0588. The van der Waals surface area contributed by atoms with Gasteiger partial charge in [0.05, 0.1) is 26.2 Å². The fourth-order valence-corrected chi connectivity index (χ4v) is 4.99. The molecule has 0 aromatic carbocycles. The Morgan fingerprint density at radius 1 is 0.472 bits per heavy atom. The second kappa shape index (κ2) is 23.5. The lowest BCUT2D eigenvalue weighted by Crippen LogP contribution is -2.51. The number of nitrogens with zero attached hydrogens (tertiary/aromatic N) is 1. The third kappa shape index (κ3) is 22.6. The minimum absolute atomic E-state index is 0.173. The maximum absolute atomic E-state index is 11.0. The summed E-state index contributed by atoms with van der Waals surface area (Å²) < 4.78 is 0.865. The van der Waals surface area contributed by atoms with Crippen LogP contribution in [0.1, 0.15) is 128 Å². The highest BCUT2D eigenvalue weighted by Gasteiger charge is 2.26. The summed E-state index contributed by atoms with van der Waals surface area (Å²) in [5.74, 6) is -2.31. The molecule has 0 saturated carbocycles. The first-order valence-corrected chi connectivity index (χ1v) is 14.4. The van der Waals surface area contributed by atoms with Gasteiger partial charge in [-0.2, -0.15) is 0 Å². The first-order chi connectivity index (χ1) is 17.3. The van der Waals surface area contributed by atoms with E-state index in [2.05, 4.69) is 6.58 Å². The van der Waals surface area contributed by atoms with Crippen molar-refractivity contribution in [3.05, 3.63) is 12.7 Å². The Labute approximate surface area is 219 Å². The molecule has 210 valence electrons. The van der Waals surface area contributed by atoms with Crippen molar-refractivity contribution in [2.75, 3.05) is 26.2 Å². The molecule has 0 atom stereocenters. The number of carboxylic acid groups (broad SMARTS) is 3. The van der Waals surface area contributed by atoms with Crippen molar-refractivity contribution < 1.29 is 34.2 Å². The Morgan fingerprint density at radius 3 is 1.06 bits per heavy atom. The van der Waals surface area contributed by atoms with Gasteiger partial charge >= 0.3 is 17.9 Å². The van der Waals surface area contributed by atoms with Crippen LogP contribution in [0.15, 0.2) is 12.7 Å². The summed E-state index contributed by atoms with van der Waals surface area (Å²) in [6.07, 6.45) is 20.7. The van der Waals surface area contributed by atoms with Crippen LogP contribution in [0.5, 0.6) is 0 Å². The van der Waals surface area contributed by atoms with Gasteiger partial charge in [0.25, 0.3) is 0 Å². The first kappa shape index (κ1) is 34.1. The molecule has 0 unspecified atom stereocenters. The van der Waals surface area contributed by atoms with Crippen LogP contribution >= 0.6 is 0 Å². The summed E-state index contributed by atoms with van der Waals surface area (Å²) in [7, 11) is 0. The van der Waals surface area contributed by atoms with Gasteiger partial charge in [0, 0.05) is 19.3 Å². The van der Waals surface area contributed by atoms with Crippen LogP contribution in [0.4, 0.5) is 0 Å². The van der Waals surface area contributed by atoms with E-state index < -0.39 is 17.9 Å². The summed E-state index contributed by atoms with van der Waals surface area (Å²) in [6.45, 7) is 7.44. The molecule has 7 nitrogen and oxygen atoms in total. The van der Waals surface area contributed by atoms with Crippen LogP contribution in [0.2, 0.25) is 0 Å². The topological polar surface area (TPSA) is 112 Å². The molecule has 0 aliphatic heterocycles. The monoisotopic (exact) mass is 512 g/mol. The molecule has 0 aliphatic carbocycles. The molecule has 7 heteroatoms. The zero-order valence-corrected chi connectivity index (χ0v) is 22.8. The van der Waals surface area contributed by atoms with Crippen LogP contribution in [-0.4, -0.2) is 63.9 Å². The standard InChI is InChI=1S/C29H53NO6/c1-2-3-4-5-6-7-8-9-10-11-12-16-23-30(24-17-13-20-27(31)32,25-18-14-21-28(33)34)26-19-15-22-29(35)36/h2H,1,3-26H2,(H2-,31,32,33,34,35,36)/p+1. The molecule has 36 heavy (non-hydrogen) atoms. The molecule has 0 aromatic heterocycles. The number of carbonyl (C=O) groups is 3. The smallest absolute Gasteiger partial charge is 0.303 e. The highest BCUT2D eigenvalue weighted by molar-refractivity contribution is 5.67. The van der Waals surface area contributed by atoms with Gasteiger partial charge in [0.2, 0.25) is 0 Å². The average molecular weight is 513 g/mol. The van der Waals surface area contributed by atoms with Crippen LogP contribution in [0.3, 0.4) is 0 Å². The fraction of sp³-hybridized carbons (Fsp3) is 0.828. The number of quaternary nitrogens is 1. The predicted molar refractivity (Wildman–Crippen MR) is 145 cm³/mol. The number of hydrogen-bond acceptors (Lipinski definition) is 3. The van der Waals surface area contributed by atoms with Gasteiger partial charge in [0.1, 0.15) is 0 Å². The minimum Gasteiger partial charge on any atom is -0.481 e. The van der Waals surface area contributed by atoms with Gasteiger partial charge in [-0.15, -0.1) is 6.58 Å². The predicted octanol–water partition coefficient (Wildman–Crippen LogP) is 7.05. The van der Waals surface area contributed by atoms with Crippen molar-refractivity contribution in [3.63, 3.8) is 0 Å². The third-order valence-electron chi connectivity index (χ3n) is 7.11. The molecule has 3 N–H and O–H groups in total. The first-order valence-electron chi connectivity index (χ1n) is 14.4. The molecule has 0 saturated heterocycles. The molecule has 0 rings (SSSR count). The largest absolute Gasteiger partial charge is 0.481 e. The highest BCUT2D eigenvalue weighted by Crippen LogP contribution is 2.19. The lowest BCUT2D eigenvalue weighted by Gasteiger charge is -2.39. The molecule has 0 aromatic rings. The number of allylic oxidation sites excluding steroid dienone is 1. The van der Waals surface area contributed by atoms with E-state index >= 15 is 0 Å². The van der Waals surface area contributed by atoms with Crippen LogP contribution in [-0.2, 0) is 14.4 Å². The van der Waals surface area contributed by atoms with Gasteiger partial charge < -0.3 is 19.8 Å². The van der Waals surface area contributed by atoms with Crippen molar-refractivity contribution in [3.8, 4) is 0 Å². The minimum atomic E-state index is -0.771. The molecule has 0 aliphatic rings. The Morgan fingerprint density at radius 2 is 0.750 bits per heavy atom. The Kier molecular flexibility index (Phi) is 22.3. The van der Waals surface area contributed by atoms with Crippen molar-refractivity contribution in [1.82, 2.24) is 0 Å². The van der Waals surface area contributed by atoms with Crippen molar-refractivity contribution >= 4 is 17.9 Å². The highest BCUT2D eigenvalue weighted by atomic mass is 16.4. The molecule has 0 fully saturated rings. The lowest BCUT2D eigenvalue weighted by atomic mass is 10.0. The number of carboxylic acids is 3.